The van der Waals surface area contributed by atoms with Gasteiger partial charge in [-0.15, -0.1) is 0 Å². The zero-order chi connectivity index (χ0) is 18.1. The quantitative estimate of drug-likeness (QED) is 0.722. The molecule has 4 rings (SSSR count). The number of rotatable bonds is 3. The number of carbonyl (C=O) groups is 1. The predicted molar refractivity (Wildman–Crippen MR) is 99.6 cm³/mol. The summed E-state index contributed by atoms with van der Waals surface area (Å²) in [5, 5.41) is 1.01. The first kappa shape index (κ1) is 16.4. The average Bonchev–Trinajstić information content (AvgIpc) is 3.04. The lowest BCUT2D eigenvalue weighted by Crippen LogP contribution is -2.49. The summed E-state index contributed by atoms with van der Waals surface area (Å²) in [7, 11) is 3.57. The van der Waals surface area contributed by atoms with E-state index in [4.69, 9.17) is 4.74 Å². The third kappa shape index (κ3) is 2.85. The van der Waals surface area contributed by atoms with E-state index in [1.807, 2.05) is 40.8 Å². The number of fused-ring (bicyclic) bond motifs is 1. The SMILES string of the molecule is COc1ccc2c(c1)cc(C(=O)N1CCN(c3cnccn3)CC1)n2C. The Bertz CT molecular complexity index is 930. The summed E-state index contributed by atoms with van der Waals surface area (Å²) >= 11 is 0. The summed E-state index contributed by atoms with van der Waals surface area (Å²) < 4.78 is 7.23. The minimum Gasteiger partial charge on any atom is -0.497 e. The molecular formula is C19H21N5O2. The van der Waals surface area contributed by atoms with Gasteiger partial charge in [-0.25, -0.2) is 4.98 Å². The highest BCUT2D eigenvalue weighted by Crippen LogP contribution is 2.25. The van der Waals surface area contributed by atoms with Crippen molar-refractivity contribution >= 4 is 22.6 Å². The molecule has 1 aliphatic rings. The Labute approximate surface area is 151 Å². The van der Waals surface area contributed by atoms with E-state index < -0.39 is 0 Å². The number of aromatic nitrogens is 3. The summed E-state index contributed by atoms with van der Waals surface area (Å²) in [6, 6.07) is 7.79. The molecule has 26 heavy (non-hydrogen) atoms. The summed E-state index contributed by atoms with van der Waals surface area (Å²) in [5.41, 5.74) is 1.72. The van der Waals surface area contributed by atoms with Crippen LogP contribution in [0.15, 0.2) is 42.9 Å². The van der Waals surface area contributed by atoms with E-state index in [9.17, 15) is 4.79 Å². The first-order chi connectivity index (χ1) is 12.7. The Morgan fingerprint density at radius 3 is 2.62 bits per heavy atom. The van der Waals surface area contributed by atoms with Crippen LogP contribution in [0.3, 0.4) is 0 Å². The van der Waals surface area contributed by atoms with Gasteiger partial charge in [0.2, 0.25) is 0 Å². The maximum atomic E-state index is 13.0. The first-order valence-corrected chi connectivity index (χ1v) is 8.61. The van der Waals surface area contributed by atoms with E-state index in [-0.39, 0.29) is 5.91 Å². The van der Waals surface area contributed by atoms with Gasteiger partial charge in [-0.2, -0.15) is 0 Å². The van der Waals surface area contributed by atoms with E-state index in [1.54, 1.807) is 25.7 Å². The summed E-state index contributed by atoms with van der Waals surface area (Å²) in [5.74, 6) is 1.71. The zero-order valence-electron chi connectivity index (χ0n) is 14.9. The largest absolute Gasteiger partial charge is 0.497 e. The second kappa shape index (κ2) is 6.67. The summed E-state index contributed by atoms with van der Waals surface area (Å²) in [6.45, 7) is 2.84. The number of amides is 1. The average molecular weight is 351 g/mol. The molecule has 1 aliphatic heterocycles. The Balaban J connectivity index is 1.52. The van der Waals surface area contributed by atoms with Crippen LogP contribution in [0.4, 0.5) is 5.82 Å². The second-order valence-electron chi connectivity index (χ2n) is 6.36. The van der Waals surface area contributed by atoms with Crippen LogP contribution in [0, 0.1) is 0 Å². The molecule has 7 nitrogen and oxygen atoms in total. The highest BCUT2D eigenvalue weighted by Gasteiger charge is 2.25. The van der Waals surface area contributed by atoms with Crippen molar-refractivity contribution < 1.29 is 9.53 Å². The fraction of sp³-hybridized carbons (Fsp3) is 0.316. The topological polar surface area (TPSA) is 63.5 Å². The van der Waals surface area contributed by atoms with Crippen molar-refractivity contribution in [1.82, 2.24) is 19.4 Å². The third-order valence-corrected chi connectivity index (χ3v) is 4.91. The van der Waals surface area contributed by atoms with Crippen LogP contribution in [-0.4, -0.2) is 58.6 Å². The van der Waals surface area contributed by atoms with Crippen LogP contribution in [-0.2, 0) is 7.05 Å². The number of ether oxygens (including phenoxy) is 1. The number of aryl methyl sites for hydroxylation is 1. The van der Waals surface area contributed by atoms with E-state index in [2.05, 4.69) is 14.9 Å². The molecule has 1 aromatic carbocycles. The normalized spacial score (nSPS) is 14.7. The fourth-order valence-electron chi connectivity index (χ4n) is 3.41. The van der Waals surface area contributed by atoms with Crippen LogP contribution in [0.2, 0.25) is 0 Å². The van der Waals surface area contributed by atoms with Crippen LogP contribution >= 0.6 is 0 Å². The Hall–Kier alpha value is -3.09. The number of hydrogen-bond acceptors (Lipinski definition) is 5. The van der Waals surface area contributed by atoms with Gasteiger partial charge < -0.3 is 19.1 Å². The number of nitrogens with zero attached hydrogens (tertiary/aromatic N) is 5. The number of methoxy groups -OCH3 is 1. The monoisotopic (exact) mass is 351 g/mol. The van der Waals surface area contributed by atoms with Gasteiger partial charge in [0.1, 0.15) is 17.3 Å². The molecule has 3 heterocycles. The van der Waals surface area contributed by atoms with Gasteiger partial charge in [0.25, 0.3) is 5.91 Å². The lowest BCUT2D eigenvalue weighted by atomic mass is 10.2. The van der Waals surface area contributed by atoms with Gasteiger partial charge in [0.15, 0.2) is 0 Å². The molecule has 1 amide bonds. The molecule has 0 radical (unpaired) electrons. The number of anilines is 1. The van der Waals surface area contributed by atoms with Gasteiger partial charge in [0.05, 0.1) is 13.3 Å². The van der Waals surface area contributed by atoms with Gasteiger partial charge in [-0.3, -0.25) is 9.78 Å². The van der Waals surface area contributed by atoms with Crippen molar-refractivity contribution in [2.45, 2.75) is 0 Å². The minimum absolute atomic E-state index is 0.0569. The highest BCUT2D eigenvalue weighted by molar-refractivity contribution is 5.99. The van der Waals surface area contributed by atoms with E-state index in [1.165, 1.54) is 0 Å². The lowest BCUT2D eigenvalue weighted by molar-refractivity contribution is 0.0737. The van der Waals surface area contributed by atoms with E-state index >= 15 is 0 Å². The number of benzene rings is 1. The van der Waals surface area contributed by atoms with Crippen LogP contribution in [0.5, 0.6) is 5.75 Å². The van der Waals surface area contributed by atoms with Crippen molar-refractivity contribution in [3.05, 3.63) is 48.5 Å². The molecule has 0 spiro atoms. The number of carbonyl (C=O) groups excluding carboxylic acids is 1. The van der Waals surface area contributed by atoms with Crippen LogP contribution in [0.25, 0.3) is 10.9 Å². The van der Waals surface area contributed by atoms with Crippen molar-refractivity contribution in [2.24, 2.45) is 7.05 Å². The standard InChI is InChI=1S/C19H21N5O2/c1-22-16-4-3-15(26-2)11-14(16)12-17(22)19(25)24-9-7-23(8-10-24)18-13-20-5-6-21-18/h3-6,11-13H,7-10H2,1-2H3. The molecule has 3 aromatic rings. The molecule has 2 aromatic heterocycles. The Kier molecular flexibility index (Phi) is 4.20. The Morgan fingerprint density at radius 1 is 1.12 bits per heavy atom. The highest BCUT2D eigenvalue weighted by atomic mass is 16.5. The minimum atomic E-state index is 0.0569. The molecular weight excluding hydrogens is 330 g/mol. The smallest absolute Gasteiger partial charge is 0.270 e. The molecule has 0 N–H and O–H groups in total. The van der Waals surface area contributed by atoms with Crippen molar-refractivity contribution in [3.8, 4) is 5.75 Å². The number of piperazine rings is 1. The van der Waals surface area contributed by atoms with Gasteiger partial charge in [-0.1, -0.05) is 0 Å². The molecule has 1 fully saturated rings. The van der Waals surface area contributed by atoms with Gasteiger partial charge in [0, 0.05) is 56.5 Å². The van der Waals surface area contributed by atoms with Crippen molar-refractivity contribution in [2.75, 3.05) is 38.2 Å². The molecule has 134 valence electrons. The maximum Gasteiger partial charge on any atom is 0.270 e. The molecule has 0 saturated carbocycles. The lowest BCUT2D eigenvalue weighted by Gasteiger charge is -2.35. The van der Waals surface area contributed by atoms with Crippen molar-refractivity contribution in [1.29, 1.82) is 0 Å². The van der Waals surface area contributed by atoms with E-state index in [0.717, 1.165) is 35.6 Å². The second-order valence-corrected chi connectivity index (χ2v) is 6.36. The van der Waals surface area contributed by atoms with Crippen molar-refractivity contribution in [3.63, 3.8) is 0 Å². The fourth-order valence-corrected chi connectivity index (χ4v) is 3.41. The molecule has 0 bridgehead atoms. The van der Waals surface area contributed by atoms with Gasteiger partial charge in [-0.05, 0) is 24.3 Å². The molecule has 1 saturated heterocycles. The Morgan fingerprint density at radius 2 is 1.92 bits per heavy atom. The zero-order valence-corrected chi connectivity index (χ0v) is 14.9. The van der Waals surface area contributed by atoms with Gasteiger partial charge >= 0.3 is 0 Å². The van der Waals surface area contributed by atoms with E-state index in [0.29, 0.717) is 18.8 Å². The van der Waals surface area contributed by atoms with Crippen LogP contribution in [0.1, 0.15) is 10.5 Å². The first-order valence-electron chi connectivity index (χ1n) is 8.61. The summed E-state index contributed by atoms with van der Waals surface area (Å²) in [4.78, 5) is 25.5. The number of hydrogen-bond donors (Lipinski definition) is 0. The molecule has 0 aliphatic carbocycles. The molecule has 7 heteroatoms. The van der Waals surface area contributed by atoms with Crippen LogP contribution < -0.4 is 9.64 Å². The summed E-state index contributed by atoms with van der Waals surface area (Å²) in [6.07, 6.45) is 5.11. The predicted octanol–water partition coefficient (Wildman–Crippen LogP) is 1.94. The molecule has 0 unspecified atom stereocenters. The molecule has 0 atom stereocenters. The third-order valence-electron chi connectivity index (χ3n) is 4.91. The maximum absolute atomic E-state index is 13.0.